The van der Waals surface area contributed by atoms with Gasteiger partial charge >= 0.3 is 7.12 Å². The van der Waals surface area contributed by atoms with E-state index in [1.54, 1.807) is 0 Å². The third-order valence-corrected chi connectivity index (χ3v) is 3.56. The van der Waals surface area contributed by atoms with Gasteiger partial charge in [0, 0.05) is 11.8 Å². The molecular formula is C10H21BClNO2. The molecule has 15 heavy (non-hydrogen) atoms. The average Bonchev–Trinajstić information content (AvgIpc) is 2.32. The van der Waals surface area contributed by atoms with Crippen molar-refractivity contribution in [3.63, 3.8) is 0 Å². The fourth-order valence-corrected chi connectivity index (χ4v) is 1.67. The van der Waals surface area contributed by atoms with E-state index >= 15 is 0 Å². The Morgan fingerprint density at radius 2 is 1.67 bits per heavy atom. The highest BCUT2D eigenvalue weighted by molar-refractivity contribution is 6.47. The quantitative estimate of drug-likeness (QED) is 0.596. The van der Waals surface area contributed by atoms with Crippen molar-refractivity contribution >= 4 is 18.7 Å². The summed E-state index contributed by atoms with van der Waals surface area (Å²) in [6, 6.07) is 0. The van der Waals surface area contributed by atoms with Crippen molar-refractivity contribution in [2.24, 2.45) is 5.73 Å². The SMILES string of the molecule is CC1(C)OB(C(N)CCCCl)OC1(C)C. The lowest BCUT2D eigenvalue weighted by atomic mass is 9.76. The van der Waals surface area contributed by atoms with Crippen LogP contribution >= 0.6 is 11.6 Å². The van der Waals surface area contributed by atoms with E-state index in [9.17, 15) is 0 Å². The van der Waals surface area contributed by atoms with Gasteiger partial charge in [-0.1, -0.05) is 0 Å². The number of hydrogen-bond donors (Lipinski definition) is 1. The molecule has 1 atom stereocenters. The Kier molecular flexibility index (Phi) is 4.10. The summed E-state index contributed by atoms with van der Waals surface area (Å²) in [6.45, 7) is 8.12. The van der Waals surface area contributed by atoms with Gasteiger partial charge in [0.2, 0.25) is 0 Å². The van der Waals surface area contributed by atoms with Crippen molar-refractivity contribution in [2.45, 2.75) is 57.7 Å². The predicted octanol–water partition coefficient (Wildman–Crippen LogP) is 1.96. The zero-order valence-corrected chi connectivity index (χ0v) is 10.8. The monoisotopic (exact) mass is 233 g/mol. The third-order valence-electron chi connectivity index (χ3n) is 3.29. The molecule has 1 heterocycles. The van der Waals surface area contributed by atoms with Gasteiger partial charge in [0.25, 0.3) is 0 Å². The van der Waals surface area contributed by atoms with Crippen LogP contribution in [0.2, 0.25) is 0 Å². The van der Waals surface area contributed by atoms with Crippen molar-refractivity contribution in [3.05, 3.63) is 0 Å². The molecule has 0 amide bonds. The lowest BCUT2D eigenvalue weighted by Crippen LogP contribution is -2.41. The van der Waals surface area contributed by atoms with Gasteiger partial charge in [0.1, 0.15) is 0 Å². The molecule has 88 valence electrons. The van der Waals surface area contributed by atoms with Crippen LogP contribution < -0.4 is 5.73 Å². The Hall–Kier alpha value is 0.235. The minimum atomic E-state index is -0.307. The van der Waals surface area contributed by atoms with Crippen LogP contribution in [-0.4, -0.2) is 30.1 Å². The Balaban J connectivity index is 2.54. The summed E-state index contributed by atoms with van der Waals surface area (Å²) in [5, 5.41) is 0. The van der Waals surface area contributed by atoms with Gasteiger partial charge in [0.05, 0.1) is 11.2 Å². The van der Waals surface area contributed by atoms with E-state index in [2.05, 4.69) is 0 Å². The molecule has 0 spiro atoms. The van der Waals surface area contributed by atoms with Gasteiger partial charge in [-0.15, -0.1) is 11.6 Å². The lowest BCUT2D eigenvalue weighted by molar-refractivity contribution is 0.00578. The highest BCUT2D eigenvalue weighted by Crippen LogP contribution is 2.37. The van der Waals surface area contributed by atoms with Crippen LogP contribution in [0.5, 0.6) is 0 Å². The maximum Gasteiger partial charge on any atom is 0.475 e. The molecule has 1 saturated heterocycles. The molecule has 0 aromatic carbocycles. The number of halogens is 1. The molecule has 1 rings (SSSR count). The molecule has 0 saturated carbocycles. The van der Waals surface area contributed by atoms with Crippen molar-refractivity contribution < 1.29 is 9.31 Å². The van der Waals surface area contributed by atoms with E-state index in [-0.39, 0.29) is 24.3 Å². The maximum atomic E-state index is 6.00. The van der Waals surface area contributed by atoms with Crippen LogP contribution in [0, 0.1) is 0 Å². The van der Waals surface area contributed by atoms with Gasteiger partial charge < -0.3 is 15.0 Å². The fraction of sp³-hybridized carbons (Fsp3) is 1.00. The third kappa shape index (κ3) is 2.87. The second-order valence-corrected chi connectivity index (χ2v) is 5.50. The summed E-state index contributed by atoms with van der Waals surface area (Å²) in [4.78, 5) is 0. The standard InChI is InChI=1S/C10H21BClNO2/c1-9(2)10(3,4)15-11(14-9)8(13)6-5-7-12/h8H,5-7,13H2,1-4H3. The van der Waals surface area contributed by atoms with Crippen molar-refractivity contribution in [2.75, 3.05) is 5.88 Å². The average molecular weight is 234 g/mol. The molecule has 1 fully saturated rings. The van der Waals surface area contributed by atoms with E-state index in [0.29, 0.717) is 5.88 Å². The van der Waals surface area contributed by atoms with Crippen LogP contribution in [-0.2, 0) is 9.31 Å². The second-order valence-electron chi connectivity index (χ2n) is 5.12. The van der Waals surface area contributed by atoms with E-state index in [1.807, 2.05) is 27.7 Å². The van der Waals surface area contributed by atoms with E-state index in [4.69, 9.17) is 26.6 Å². The molecular weight excluding hydrogens is 212 g/mol. The summed E-state index contributed by atoms with van der Waals surface area (Å²) < 4.78 is 11.7. The Morgan fingerprint density at radius 3 is 2.07 bits per heavy atom. The summed E-state index contributed by atoms with van der Waals surface area (Å²) >= 11 is 5.63. The Bertz CT molecular complexity index is 207. The number of alkyl halides is 1. The van der Waals surface area contributed by atoms with Gasteiger partial charge in [-0.3, -0.25) is 0 Å². The molecule has 1 aliphatic rings. The lowest BCUT2D eigenvalue weighted by Gasteiger charge is -2.32. The zero-order chi connectivity index (χ0) is 11.7. The molecule has 0 aromatic rings. The van der Waals surface area contributed by atoms with E-state index < -0.39 is 0 Å². The topological polar surface area (TPSA) is 44.5 Å². The van der Waals surface area contributed by atoms with Crippen LogP contribution in [0.25, 0.3) is 0 Å². The largest absolute Gasteiger partial charge is 0.475 e. The molecule has 3 nitrogen and oxygen atoms in total. The van der Waals surface area contributed by atoms with Crippen LogP contribution in [0.1, 0.15) is 40.5 Å². The first-order valence-corrected chi connectivity index (χ1v) is 6.01. The van der Waals surface area contributed by atoms with E-state index in [1.165, 1.54) is 0 Å². The summed E-state index contributed by atoms with van der Waals surface area (Å²) in [5.74, 6) is 0.539. The van der Waals surface area contributed by atoms with E-state index in [0.717, 1.165) is 12.8 Å². The Morgan fingerprint density at radius 1 is 1.20 bits per heavy atom. The van der Waals surface area contributed by atoms with Crippen LogP contribution in [0.15, 0.2) is 0 Å². The maximum absolute atomic E-state index is 6.00. The number of rotatable bonds is 4. The van der Waals surface area contributed by atoms with Gasteiger partial charge in [0.15, 0.2) is 0 Å². The highest BCUT2D eigenvalue weighted by atomic mass is 35.5. The first kappa shape index (κ1) is 13.3. The van der Waals surface area contributed by atoms with Crippen LogP contribution in [0.3, 0.4) is 0 Å². The molecule has 0 bridgehead atoms. The minimum absolute atomic E-state index is 0.0928. The van der Waals surface area contributed by atoms with Gasteiger partial charge in [-0.05, 0) is 40.5 Å². The smallest absolute Gasteiger partial charge is 0.402 e. The zero-order valence-electron chi connectivity index (χ0n) is 10.0. The Labute approximate surface area is 97.8 Å². The first-order chi connectivity index (χ1) is 6.80. The van der Waals surface area contributed by atoms with Crippen LogP contribution in [0.4, 0.5) is 0 Å². The summed E-state index contributed by atoms with van der Waals surface area (Å²) in [5.41, 5.74) is 5.41. The summed E-state index contributed by atoms with van der Waals surface area (Å²) in [7, 11) is -0.307. The first-order valence-electron chi connectivity index (χ1n) is 5.47. The molecule has 0 aromatic heterocycles. The van der Waals surface area contributed by atoms with Gasteiger partial charge in [-0.2, -0.15) is 0 Å². The second kappa shape index (κ2) is 4.62. The number of hydrogen-bond acceptors (Lipinski definition) is 3. The molecule has 1 unspecified atom stereocenters. The molecule has 2 N–H and O–H groups in total. The predicted molar refractivity (Wildman–Crippen MR) is 64.0 cm³/mol. The van der Waals surface area contributed by atoms with Crippen molar-refractivity contribution in [1.82, 2.24) is 0 Å². The molecule has 5 heteroatoms. The van der Waals surface area contributed by atoms with Crippen molar-refractivity contribution in [1.29, 1.82) is 0 Å². The van der Waals surface area contributed by atoms with Gasteiger partial charge in [-0.25, -0.2) is 0 Å². The molecule has 0 aliphatic carbocycles. The highest BCUT2D eigenvalue weighted by Gasteiger charge is 2.52. The number of nitrogens with two attached hydrogens (primary N) is 1. The normalized spacial score (nSPS) is 25.6. The molecule has 0 radical (unpaired) electrons. The molecule has 1 aliphatic heterocycles. The van der Waals surface area contributed by atoms with Crippen molar-refractivity contribution in [3.8, 4) is 0 Å². The summed E-state index contributed by atoms with van der Waals surface area (Å²) in [6.07, 6.45) is 1.73. The minimum Gasteiger partial charge on any atom is -0.402 e. The fourth-order valence-electron chi connectivity index (χ4n) is 1.51.